The molecule has 2 aromatic heterocycles. The second kappa shape index (κ2) is 6.93. The molecule has 4 rings (SSSR count). The quantitative estimate of drug-likeness (QED) is 0.393. The fourth-order valence-corrected chi connectivity index (χ4v) is 5.59. The number of fused-ring (bicyclic) bond motifs is 5. The molecule has 0 fully saturated rings. The van der Waals surface area contributed by atoms with Gasteiger partial charge in [-0.15, -0.1) is 22.7 Å². The second-order valence-electron chi connectivity index (χ2n) is 6.60. The number of benzene rings is 2. The molecule has 0 spiro atoms. The third kappa shape index (κ3) is 2.87. The summed E-state index contributed by atoms with van der Waals surface area (Å²) in [4.78, 5) is 26.0. The van der Waals surface area contributed by atoms with E-state index >= 15 is 0 Å². The predicted molar refractivity (Wildman–Crippen MR) is 113 cm³/mol. The van der Waals surface area contributed by atoms with E-state index in [2.05, 4.69) is 35.0 Å². The molecule has 0 radical (unpaired) electrons. The number of rotatable bonds is 6. The summed E-state index contributed by atoms with van der Waals surface area (Å²) in [5, 5.41) is 11.7. The molecule has 0 N–H and O–H groups in total. The van der Waals surface area contributed by atoms with E-state index in [1.807, 2.05) is 13.8 Å². The maximum Gasteiger partial charge on any atom is 0.137 e. The Morgan fingerprint density at radius 2 is 1.04 bits per heavy atom. The Bertz CT molecular complexity index is 1060. The Balaban J connectivity index is 1.86. The van der Waals surface area contributed by atoms with Crippen LogP contribution in [0.1, 0.15) is 36.4 Å². The molecule has 0 amide bonds. The molecule has 0 saturated heterocycles. The monoisotopic (exact) mass is 380 g/mol. The van der Waals surface area contributed by atoms with Crippen LogP contribution >= 0.6 is 22.7 Å². The largest absolute Gasteiger partial charge is 0.299 e. The maximum atomic E-state index is 11.9. The van der Waals surface area contributed by atoms with Crippen molar-refractivity contribution < 1.29 is 9.59 Å². The minimum Gasteiger partial charge on any atom is -0.299 e. The number of ketones is 2. The molecule has 26 heavy (non-hydrogen) atoms. The van der Waals surface area contributed by atoms with E-state index in [4.69, 9.17) is 0 Å². The molecule has 0 aliphatic heterocycles. The van der Waals surface area contributed by atoms with Crippen molar-refractivity contribution in [2.24, 2.45) is 0 Å². The highest BCUT2D eigenvalue weighted by atomic mass is 32.1. The lowest BCUT2D eigenvalue weighted by molar-refractivity contribution is -0.118. The highest BCUT2D eigenvalue weighted by Crippen LogP contribution is 2.38. The topological polar surface area (TPSA) is 34.1 Å². The third-order valence-corrected chi connectivity index (χ3v) is 7.03. The van der Waals surface area contributed by atoms with E-state index in [1.54, 1.807) is 22.7 Å². The van der Waals surface area contributed by atoms with Crippen LogP contribution in [-0.4, -0.2) is 11.6 Å². The highest BCUT2D eigenvalue weighted by molar-refractivity contribution is 7.12. The summed E-state index contributed by atoms with van der Waals surface area (Å²) in [5.74, 6) is 0.569. The second-order valence-corrected chi connectivity index (χ2v) is 8.53. The average Bonchev–Trinajstić information content (AvgIpc) is 3.25. The van der Waals surface area contributed by atoms with Crippen molar-refractivity contribution in [2.75, 3.05) is 0 Å². The van der Waals surface area contributed by atoms with Gasteiger partial charge in [-0.05, 0) is 32.3 Å². The lowest BCUT2D eigenvalue weighted by Gasteiger charge is -2.04. The normalized spacial score (nSPS) is 11.6. The van der Waals surface area contributed by atoms with E-state index < -0.39 is 0 Å². The minimum absolute atomic E-state index is 0.285. The fourth-order valence-electron chi connectivity index (χ4n) is 3.46. The zero-order valence-corrected chi connectivity index (χ0v) is 16.6. The van der Waals surface area contributed by atoms with Crippen molar-refractivity contribution >= 4 is 66.6 Å². The van der Waals surface area contributed by atoms with Gasteiger partial charge in [0.1, 0.15) is 11.6 Å². The average molecular weight is 381 g/mol. The van der Waals surface area contributed by atoms with E-state index in [1.165, 1.54) is 32.3 Å². The summed E-state index contributed by atoms with van der Waals surface area (Å²) < 4.78 is 0. The Hall–Kier alpha value is -2.04. The summed E-state index contributed by atoms with van der Waals surface area (Å²) >= 11 is 3.36. The van der Waals surface area contributed by atoms with Gasteiger partial charge in [0.15, 0.2) is 0 Å². The third-order valence-electron chi connectivity index (χ3n) is 5.03. The van der Waals surface area contributed by atoms with Crippen molar-refractivity contribution in [3.05, 3.63) is 44.8 Å². The number of Topliss-reactive ketones (excluding diaryl/α,β-unsaturated/α-hetero) is 2. The number of hydrogen-bond donors (Lipinski definition) is 0. The molecule has 0 bridgehead atoms. The van der Waals surface area contributed by atoms with Crippen LogP contribution in [0.15, 0.2) is 35.0 Å². The highest BCUT2D eigenvalue weighted by Gasteiger charge is 2.14. The van der Waals surface area contributed by atoms with Gasteiger partial charge in [0.2, 0.25) is 0 Å². The fraction of sp³-hybridized carbons (Fsp3) is 0.273. The number of carbonyl (C=O) groups is 2. The standard InChI is InChI=1S/C22H20O2S2/c1-3-13(23)9-21-17-7-5-16-15(19(17)11-25-21)6-8-18-20(16)12-26-22(18)10-14(24)4-2/h5-8,11-12H,3-4,9-10H2,1-2H3. The number of thiophene rings is 2. The first-order chi connectivity index (χ1) is 12.6. The van der Waals surface area contributed by atoms with Crippen LogP contribution in [-0.2, 0) is 22.4 Å². The van der Waals surface area contributed by atoms with E-state index in [0.29, 0.717) is 25.7 Å². The maximum absolute atomic E-state index is 11.9. The van der Waals surface area contributed by atoms with Crippen molar-refractivity contribution in [2.45, 2.75) is 39.5 Å². The molecule has 0 saturated carbocycles. The molecule has 2 aromatic carbocycles. The molecule has 2 heterocycles. The van der Waals surface area contributed by atoms with E-state index in [9.17, 15) is 9.59 Å². The Morgan fingerprint density at radius 3 is 1.42 bits per heavy atom. The SMILES string of the molecule is CCC(=O)Cc1scc2c1ccc1c3csc(CC(=O)CC)c3ccc21. The molecule has 4 aromatic rings. The Labute approximate surface area is 160 Å². The first kappa shape index (κ1) is 17.4. The van der Waals surface area contributed by atoms with Crippen molar-refractivity contribution in [1.82, 2.24) is 0 Å². The van der Waals surface area contributed by atoms with Crippen molar-refractivity contribution in [1.29, 1.82) is 0 Å². The van der Waals surface area contributed by atoms with Crippen molar-refractivity contribution in [3.63, 3.8) is 0 Å². The summed E-state index contributed by atoms with van der Waals surface area (Å²) in [6.07, 6.45) is 2.23. The summed E-state index contributed by atoms with van der Waals surface area (Å²) in [6.45, 7) is 3.84. The van der Waals surface area contributed by atoms with Crippen LogP contribution in [0.4, 0.5) is 0 Å². The lowest BCUT2D eigenvalue weighted by Crippen LogP contribution is -1.98. The van der Waals surface area contributed by atoms with Crippen LogP contribution in [0.2, 0.25) is 0 Å². The first-order valence-corrected chi connectivity index (χ1v) is 10.7. The van der Waals surface area contributed by atoms with Gasteiger partial charge in [0.25, 0.3) is 0 Å². The first-order valence-electron chi connectivity index (χ1n) is 8.97. The van der Waals surface area contributed by atoms with E-state index in [-0.39, 0.29) is 11.6 Å². The van der Waals surface area contributed by atoms with Gasteiger partial charge >= 0.3 is 0 Å². The predicted octanol–water partition coefficient (Wildman–Crippen LogP) is 6.31. The smallest absolute Gasteiger partial charge is 0.137 e. The molecule has 0 atom stereocenters. The van der Waals surface area contributed by atoms with Gasteiger partial charge in [0, 0.05) is 46.2 Å². The van der Waals surface area contributed by atoms with Crippen molar-refractivity contribution in [3.8, 4) is 0 Å². The Morgan fingerprint density at radius 1 is 0.654 bits per heavy atom. The van der Waals surface area contributed by atoms with Gasteiger partial charge in [-0.3, -0.25) is 9.59 Å². The van der Waals surface area contributed by atoms with Crippen LogP contribution < -0.4 is 0 Å². The molecular formula is C22H20O2S2. The molecule has 132 valence electrons. The summed E-state index contributed by atoms with van der Waals surface area (Å²) in [5.41, 5.74) is 0. The summed E-state index contributed by atoms with van der Waals surface area (Å²) in [7, 11) is 0. The van der Waals surface area contributed by atoms with Crippen LogP contribution in [0.3, 0.4) is 0 Å². The molecule has 4 heteroatoms. The van der Waals surface area contributed by atoms with Gasteiger partial charge in [0.05, 0.1) is 0 Å². The van der Waals surface area contributed by atoms with Crippen LogP contribution in [0, 0.1) is 0 Å². The van der Waals surface area contributed by atoms with Gasteiger partial charge in [-0.2, -0.15) is 0 Å². The number of hydrogen-bond acceptors (Lipinski definition) is 4. The molecule has 0 unspecified atom stereocenters. The summed E-state index contributed by atoms with van der Waals surface area (Å²) in [6, 6.07) is 8.65. The van der Waals surface area contributed by atoms with Crippen LogP contribution in [0.5, 0.6) is 0 Å². The Kier molecular flexibility index (Phi) is 4.63. The van der Waals surface area contributed by atoms with Gasteiger partial charge in [-0.1, -0.05) is 38.1 Å². The minimum atomic E-state index is 0.285. The zero-order valence-electron chi connectivity index (χ0n) is 14.9. The zero-order chi connectivity index (χ0) is 18.3. The van der Waals surface area contributed by atoms with Gasteiger partial charge in [-0.25, -0.2) is 0 Å². The molecular weight excluding hydrogens is 360 g/mol. The lowest BCUT2D eigenvalue weighted by atomic mass is 9.98. The molecule has 0 aliphatic carbocycles. The van der Waals surface area contributed by atoms with Crippen LogP contribution in [0.25, 0.3) is 32.3 Å². The van der Waals surface area contributed by atoms with E-state index in [0.717, 1.165) is 9.75 Å². The van der Waals surface area contributed by atoms with Gasteiger partial charge < -0.3 is 0 Å². The molecule has 0 aliphatic rings. The molecule has 2 nitrogen and oxygen atoms in total. The number of carbonyl (C=O) groups excluding carboxylic acids is 2.